The molecule has 0 spiro atoms. The molecular formula is C14H21ClN4O2. The smallest absolute Gasteiger partial charge is 0.238 e. The molecular weight excluding hydrogens is 292 g/mol. The van der Waals surface area contributed by atoms with Gasteiger partial charge in [-0.3, -0.25) is 14.6 Å². The fraction of sp³-hybridized carbons (Fsp3) is 0.500. The summed E-state index contributed by atoms with van der Waals surface area (Å²) in [5.41, 5.74) is 6.76. The van der Waals surface area contributed by atoms with Crippen LogP contribution < -0.4 is 11.1 Å². The molecule has 0 aromatic heterocycles. The van der Waals surface area contributed by atoms with Crippen LogP contribution in [0.2, 0.25) is 5.02 Å². The number of aliphatic hydroxyl groups is 1. The van der Waals surface area contributed by atoms with Crippen LogP contribution in [0.1, 0.15) is 0 Å². The lowest BCUT2D eigenvalue weighted by molar-refractivity contribution is -0.117. The number of hydrogen-bond acceptors (Lipinski definition) is 5. The van der Waals surface area contributed by atoms with E-state index in [1.165, 1.54) is 0 Å². The molecule has 0 radical (unpaired) electrons. The first-order valence-corrected chi connectivity index (χ1v) is 7.36. The number of nitrogen functional groups attached to an aromatic ring is 1. The molecule has 1 amide bonds. The Hall–Kier alpha value is -1.34. The van der Waals surface area contributed by atoms with Gasteiger partial charge in [0.05, 0.1) is 23.9 Å². The molecule has 1 aliphatic rings. The third-order valence-corrected chi connectivity index (χ3v) is 3.83. The van der Waals surface area contributed by atoms with Crippen molar-refractivity contribution in [2.75, 3.05) is 56.9 Å². The molecule has 1 aromatic carbocycles. The van der Waals surface area contributed by atoms with E-state index in [9.17, 15) is 4.79 Å². The van der Waals surface area contributed by atoms with Crippen LogP contribution >= 0.6 is 11.6 Å². The lowest BCUT2D eigenvalue weighted by atomic mass is 10.2. The second kappa shape index (κ2) is 7.61. The number of nitrogens with one attached hydrogen (secondary N) is 1. The maximum atomic E-state index is 12.0. The monoisotopic (exact) mass is 312 g/mol. The first-order chi connectivity index (χ1) is 10.1. The molecule has 116 valence electrons. The number of piperazine rings is 1. The van der Waals surface area contributed by atoms with E-state index in [-0.39, 0.29) is 12.5 Å². The van der Waals surface area contributed by atoms with Crippen molar-refractivity contribution in [3.05, 3.63) is 23.2 Å². The van der Waals surface area contributed by atoms with Gasteiger partial charge < -0.3 is 16.2 Å². The van der Waals surface area contributed by atoms with E-state index in [0.29, 0.717) is 29.5 Å². The summed E-state index contributed by atoms with van der Waals surface area (Å²) >= 11 is 6.03. The van der Waals surface area contributed by atoms with Gasteiger partial charge >= 0.3 is 0 Å². The van der Waals surface area contributed by atoms with Gasteiger partial charge in [-0.15, -0.1) is 0 Å². The molecule has 0 unspecified atom stereocenters. The zero-order chi connectivity index (χ0) is 15.2. The lowest BCUT2D eigenvalue weighted by Crippen LogP contribution is -2.49. The summed E-state index contributed by atoms with van der Waals surface area (Å²) in [5, 5.41) is 12.1. The van der Waals surface area contributed by atoms with Crippen molar-refractivity contribution < 1.29 is 9.90 Å². The summed E-state index contributed by atoms with van der Waals surface area (Å²) in [7, 11) is 0. The zero-order valence-corrected chi connectivity index (χ0v) is 12.6. The molecule has 0 bridgehead atoms. The van der Waals surface area contributed by atoms with Gasteiger partial charge in [-0.05, 0) is 18.2 Å². The number of carbonyl (C=O) groups is 1. The highest BCUT2D eigenvalue weighted by molar-refractivity contribution is 6.34. The Bertz CT molecular complexity index is 490. The normalized spacial score (nSPS) is 16.9. The van der Waals surface area contributed by atoms with Crippen LogP contribution in [-0.4, -0.2) is 66.7 Å². The van der Waals surface area contributed by atoms with Crippen molar-refractivity contribution >= 4 is 28.9 Å². The Morgan fingerprint density at radius 2 is 1.95 bits per heavy atom. The molecule has 1 aromatic rings. The number of β-amino-alcohol motifs (C(OH)–C–C–N with tert-alkyl or cyclic N) is 1. The minimum Gasteiger partial charge on any atom is -0.399 e. The number of amides is 1. The standard InChI is InChI=1S/C14H21ClN4O2/c15-12-9-11(16)1-2-13(12)17-14(21)10-19-5-3-18(4-6-19)7-8-20/h1-2,9,20H,3-8,10,16H2,(H,17,21). The van der Waals surface area contributed by atoms with Gasteiger partial charge in [0.2, 0.25) is 5.91 Å². The van der Waals surface area contributed by atoms with E-state index in [0.717, 1.165) is 26.2 Å². The van der Waals surface area contributed by atoms with Gasteiger partial charge in [0.15, 0.2) is 0 Å². The first kappa shape index (κ1) is 16.0. The van der Waals surface area contributed by atoms with E-state index < -0.39 is 0 Å². The molecule has 1 aliphatic heterocycles. The van der Waals surface area contributed by atoms with Gasteiger partial charge in [-0.1, -0.05) is 11.6 Å². The molecule has 7 heteroatoms. The number of nitrogens with zero attached hydrogens (tertiary/aromatic N) is 2. The molecule has 1 heterocycles. The fourth-order valence-corrected chi connectivity index (χ4v) is 2.57. The molecule has 0 saturated carbocycles. The number of anilines is 2. The zero-order valence-electron chi connectivity index (χ0n) is 11.9. The van der Waals surface area contributed by atoms with Crippen LogP contribution in [-0.2, 0) is 4.79 Å². The molecule has 0 aliphatic carbocycles. The third-order valence-electron chi connectivity index (χ3n) is 3.52. The van der Waals surface area contributed by atoms with Crippen LogP contribution in [0.25, 0.3) is 0 Å². The number of aliphatic hydroxyl groups excluding tert-OH is 1. The number of halogens is 1. The Morgan fingerprint density at radius 3 is 2.57 bits per heavy atom. The summed E-state index contributed by atoms with van der Waals surface area (Å²) in [6.07, 6.45) is 0. The van der Waals surface area contributed by atoms with Gasteiger partial charge in [-0.25, -0.2) is 0 Å². The average Bonchev–Trinajstić information content (AvgIpc) is 2.44. The summed E-state index contributed by atoms with van der Waals surface area (Å²) in [4.78, 5) is 16.3. The Morgan fingerprint density at radius 1 is 1.29 bits per heavy atom. The first-order valence-electron chi connectivity index (χ1n) is 6.99. The number of carbonyl (C=O) groups excluding carboxylic acids is 1. The SMILES string of the molecule is Nc1ccc(NC(=O)CN2CCN(CCO)CC2)c(Cl)c1. The van der Waals surface area contributed by atoms with Crippen LogP contribution in [0, 0.1) is 0 Å². The predicted octanol–water partition coefficient (Wildman–Crippen LogP) is 0.471. The molecule has 2 rings (SSSR count). The quantitative estimate of drug-likeness (QED) is 0.689. The number of hydrogen-bond donors (Lipinski definition) is 3. The van der Waals surface area contributed by atoms with E-state index in [2.05, 4.69) is 15.1 Å². The fourth-order valence-electron chi connectivity index (χ4n) is 2.34. The van der Waals surface area contributed by atoms with Crippen LogP contribution in [0.5, 0.6) is 0 Å². The van der Waals surface area contributed by atoms with Gasteiger partial charge in [-0.2, -0.15) is 0 Å². The van der Waals surface area contributed by atoms with Crippen LogP contribution in [0.3, 0.4) is 0 Å². The summed E-state index contributed by atoms with van der Waals surface area (Å²) in [5.74, 6) is -0.0859. The number of rotatable bonds is 5. The van der Waals surface area contributed by atoms with E-state index >= 15 is 0 Å². The molecule has 0 atom stereocenters. The predicted molar refractivity (Wildman–Crippen MR) is 84.5 cm³/mol. The largest absolute Gasteiger partial charge is 0.399 e. The van der Waals surface area contributed by atoms with Crippen LogP contribution in [0.15, 0.2) is 18.2 Å². The van der Waals surface area contributed by atoms with E-state index in [4.69, 9.17) is 22.4 Å². The molecule has 1 fully saturated rings. The minimum absolute atomic E-state index is 0.0859. The van der Waals surface area contributed by atoms with Crippen molar-refractivity contribution in [3.63, 3.8) is 0 Å². The second-order valence-corrected chi connectivity index (χ2v) is 5.54. The Labute approximate surface area is 129 Å². The Kier molecular flexibility index (Phi) is 5.81. The second-order valence-electron chi connectivity index (χ2n) is 5.13. The highest BCUT2D eigenvalue weighted by Crippen LogP contribution is 2.23. The summed E-state index contributed by atoms with van der Waals surface area (Å²) < 4.78 is 0. The van der Waals surface area contributed by atoms with Gasteiger partial charge in [0.1, 0.15) is 0 Å². The van der Waals surface area contributed by atoms with E-state index in [1.54, 1.807) is 18.2 Å². The third kappa shape index (κ3) is 4.86. The maximum Gasteiger partial charge on any atom is 0.238 e. The van der Waals surface area contributed by atoms with E-state index in [1.807, 2.05) is 0 Å². The molecule has 21 heavy (non-hydrogen) atoms. The highest BCUT2D eigenvalue weighted by atomic mass is 35.5. The van der Waals surface area contributed by atoms with Crippen molar-refractivity contribution in [3.8, 4) is 0 Å². The van der Waals surface area contributed by atoms with Crippen molar-refractivity contribution in [1.29, 1.82) is 0 Å². The summed E-state index contributed by atoms with van der Waals surface area (Å²) in [6.45, 7) is 4.60. The average molecular weight is 313 g/mol. The molecule has 6 nitrogen and oxygen atoms in total. The van der Waals surface area contributed by atoms with Gasteiger partial charge in [0.25, 0.3) is 0 Å². The Balaban J connectivity index is 1.80. The van der Waals surface area contributed by atoms with Gasteiger partial charge in [0, 0.05) is 38.4 Å². The maximum absolute atomic E-state index is 12.0. The number of nitrogens with two attached hydrogens (primary N) is 1. The topological polar surface area (TPSA) is 81.8 Å². The number of benzene rings is 1. The van der Waals surface area contributed by atoms with Crippen molar-refractivity contribution in [1.82, 2.24) is 9.80 Å². The molecule has 1 saturated heterocycles. The molecule has 4 N–H and O–H groups in total. The van der Waals surface area contributed by atoms with Crippen molar-refractivity contribution in [2.24, 2.45) is 0 Å². The highest BCUT2D eigenvalue weighted by Gasteiger charge is 2.18. The van der Waals surface area contributed by atoms with Crippen molar-refractivity contribution in [2.45, 2.75) is 0 Å². The summed E-state index contributed by atoms with van der Waals surface area (Å²) in [6, 6.07) is 5.02. The minimum atomic E-state index is -0.0859. The van der Waals surface area contributed by atoms with Crippen LogP contribution in [0.4, 0.5) is 11.4 Å². The lowest BCUT2D eigenvalue weighted by Gasteiger charge is -2.33.